The van der Waals surface area contributed by atoms with Crippen molar-refractivity contribution in [1.29, 1.82) is 0 Å². The number of nitrogens with two attached hydrogens (primary N) is 1. The van der Waals surface area contributed by atoms with Gasteiger partial charge in [-0.25, -0.2) is 4.79 Å². The van der Waals surface area contributed by atoms with E-state index in [4.69, 9.17) is 10.5 Å². The number of hydrogen-bond acceptors (Lipinski definition) is 4. The van der Waals surface area contributed by atoms with Crippen molar-refractivity contribution in [2.75, 3.05) is 6.54 Å². The fourth-order valence-corrected chi connectivity index (χ4v) is 3.16. The lowest BCUT2D eigenvalue weighted by Gasteiger charge is -2.25. The van der Waals surface area contributed by atoms with Gasteiger partial charge in [0.1, 0.15) is 6.61 Å². The number of ether oxygens (including phenoxy) is 1. The van der Waals surface area contributed by atoms with Gasteiger partial charge in [-0.05, 0) is 48.2 Å². The van der Waals surface area contributed by atoms with Crippen molar-refractivity contribution in [2.45, 2.75) is 32.0 Å². The molecule has 23 heavy (non-hydrogen) atoms. The first-order chi connectivity index (χ1) is 11.2. The fourth-order valence-electron chi connectivity index (χ4n) is 3.16. The van der Waals surface area contributed by atoms with E-state index in [1.54, 1.807) is 0 Å². The first-order valence-corrected chi connectivity index (χ1v) is 7.86. The molecule has 0 bridgehead atoms. The number of carbonyl (C=O) groups excluding carboxylic acids is 1. The second-order valence-electron chi connectivity index (χ2n) is 5.84. The quantitative estimate of drug-likeness (QED) is 0.921. The summed E-state index contributed by atoms with van der Waals surface area (Å²) in [6.45, 7) is 2.24. The number of benzene rings is 1. The van der Waals surface area contributed by atoms with Gasteiger partial charge in [0.05, 0.1) is 0 Å². The highest BCUT2D eigenvalue weighted by Crippen LogP contribution is 2.33. The summed E-state index contributed by atoms with van der Waals surface area (Å²) >= 11 is 0. The summed E-state index contributed by atoms with van der Waals surface area (Å²) in [5.74, 6) is 0. The van der Waals surface area contributed by atoms with Crippen LogP contribution in [0.3, 0.4) is 0 Å². The Morgan fingerprint density at radius 2 is 2.09 bits per heavy atom. The predicted octanol–water partition coefficient (Wildman–Crippen LogP) is 3.01. The van der Waals surface area contributed by atoms with Crippen molar-refractivity contribution in [3.8, 4) is 0 Å². The number of nitrogens with zero attached hydrogens (tertiary/aromatic N) is 2. The summed E-state index contributed by atoms with van der Waals surface area (Å²) in [5, 5.41) is 0. The summed E-state index contributed by atoms with van der Waals surface area (Å²) in [4.78, 5) is 17.3. The molecule has 120 valence electrons. The van der Waals surface area contributed by atoms with Gasteiger partial charge in [-0.15, -0.1) is 0 Å². The molecule has 5 heteroatoms. The standard InChI is InChI=1S/C18H21N3O2/c19-18(22)23-13-15-3-1-4-16(11-15)17-5-2-10-21(17)12-14-6-8-20-9-7-14/h1,3-4,6-9,11,17H,2,5,10,12-13H2,(H2,19,22). The van der Waals surface area contributed by atoms with E-state index < -0.39 is 6.09 Å². The number of carbonyl (C=O) groups is 1. The van der Waals surface area contributed by atoms with E-state index in [-0.39, 0.29) is 6.61 Å². The third-order valence-electron chi connectivity index (χ3n) is 4.22. The smallest absolute Gasteiger partial charge is 0.404 e. The van der Waals surface area contributed by atoms with Crippen LogP contribution in [0.25, 0.3) is 0 Å². The zero-order valence-corrected chi connectivity index (χ0v) is 13.0. The van der Waals surface area contributed by atoms with Crippen LogP contribution in [-0.2, 0) is 17.9 Å². The molecule has 1 amide bonds. The largest absolute Gasteiger partial charge is 0.445 e. The van der Waals surface area contributed by atoms with Crippen molar-refractivity contribution in [3.63, 3.8) is 0 Å². The Balaban J connectivity index is 1.72. The number of primary amides is 1. The van der Waals surface area contributed by atoms with Crippen LogP contribution in [0.1, 0.15) is 35.6 Å². The Bertz CT molecular complexity index is 660. The molecule has 1 atom stereocenters. The highest BCUT2D eigenvalue weighted by Gasteiger charge is 2.26. The predicted molar refractivity (Wildman–Crippen MR) is 87.4 cm³/mol. The van der Waals surface area contributed by atoms with Gasteiger partial charge < -0.3 is 10.5 Å². The maximum Gasteiger partial charge on any atom is 0.404 e. The summed E-state index contributed by atoms with van der Waals surface area (Å²) in [5.41, 5.74) is 8.55. The number of likely N-dealkylation sites (tertiary alicyclic amines) is 1. The summed E-state index contributed by atoms with van der Waals surface area (Å²) in [7, 11) is 0. The molecule has 1 fully saturated rings. The summed E-state index contributed by atoms with van der Waals surface area (Å²) in [6, 6.07) is 12.7. The van der Waals surface area contributed by atoms with Gasteiger partial charge >= 0.3 is 6.09 Å². The number of amides is 1. The van der Waals surface area contributed by atoms with Crippen LogP contribution >= 0.6 is 0 Å². The molecule has 2 aromatic rings. The molecule has 2 heterocycles. The van der Waals surface area contributed by atoms with Gasteiger partial charge in [-0.1, -0.05) is 24.3 Å². The molecule has 1 aliphatic rings. The van der Waals surface area contributed by atoms with Crippen LogP contribution < -0.4 is 5.73 Å². The average Bonchev–Trinajstić information content (AvgIpc) is 3.02. The molecule has 0 radical (unpaired) electrons. The van der Waals surface area contributed by atoms with Crippen LogP contribution in [0.5, 0.6) is 0 Å². The van der Waals surface area contributed by atoms with Gasteiger partial charge in [0.15, 0.2) is 0 Å². The second-order valence-corrected chi connectivity index (χ2v) is 5.84. The molecule has 3 rings (SSSR count). The van der Waals surface area contributed by atoms with Crippen molar-refractivity contribution >= 4 is 6.09 Å². The molecule has 2 N–H and O–H groups in total. The van der Waals surface area contributed by atoms with E-state index in [2.05, 4.69) is 34.1 Å². The first-order valence-electron chi connectivity index (χ1n) is 7.86. The van der Waals surface area contributed by atoms with Crippen LogP contribution in [0.2, 0.25) is 0 Å². The zero-order chi connectivity index (χ0) is 16.1. The number of hydrogen-bond donors (Lipinski definition) is 1. The van der Waals surface area contributed by atoms with Gasteiger partial charge in [0.25, 0.3) is 0 Å². The maximum absolute atomic E-state index is 10.8. The lowest BCUT2D eigenvalue weighted by atomic mass is 10.0. The summed E-state index contributed by atoms with van der Waals surface area (Å²) in [6.07, 6.45) is 5.27. The van der Waals surface area contributed by atoms with Gasteiger partial charge in [0.2, 0.25) is 0 Å². The topological polar surface area (TPSA) is 68.5 Å². The van der Waals surface area contributed by atoms with E-state index in [9.17, 15) is 4.79 Å². The van der Waals surface area contributed by atoms with E-state index in [0.717, 1.165) is 25.1 Å². The summed E-state index contributed by atoms with van der Waals surface area (Å²) < 4.78 is 4.89. The van der Waals surface area contributed by atoms with E-state index in [0.29, 0.717) is 6.04 Å². The first kappa shape index (κ1) is 15.5. The van der Waals surface area contributed by atoms with E-state index in [1.807, 2.05) is 24.5 Å². The molecular weight excluding hydrogens is 290 g/mol. The van der Waals surface area contributed by atoms with Gasteiger partial charge in [-0.3, -0.25) is 9.88 Å². The fraction of sp³-hybridized carbons (Fsp3) is 0.333. The molecule has 1 aromatic carbocycles. The van der Waals surface area contributed by atoms with E-state index in [1.165, 1.54) is 17.5 Å². The van der Waals surface area contributed by atoms with Crippen LogP contribution in [0.15, 0.2) is 48.8 Å². The minimum atomic E-state index is -0.740. The third-order valence-corrected chi connectivity index (χ3v) is 4.22. The Hall–Kier alpha value is -2.40. The highest BCUT2D eigenvalue weighted by atomic mass is 16.5. The SMILES string of the molecule is NC(=O)OCc1cccc(C2CCCN2Cc2ccncc2)c1. The minimum Gasteiger partial charge on any atom is -0.445 e. The molecule has 1 unspecified atom stereocenters. The molecule has 1 aliphatic heterocycles. The molecule has 0 spiro atoms. The second kappa shape index (κ2) is 7.24. The maximum atomic E-state index is 10.8. The van der Waals surface area contributed by atoms with Crippen LogP contribution in [-0.4, -0.2) is 22.5 Å². The molecule has 1 aromatic heterocycles. The van der Waals surface area contributed by atoms with Crippen molar-refractivity contribution in [2.24, 2.45) is 5.73 Å². The van der Waals surface area contributed by atoms with Crippen LogP contribution in [0, 0.1) is 0 Å². The minimum absolute atomic E-state index is 0.222. The highest BCUT2D eigenvalue weighted by molar-refractivity contribution is 5.64. The molecule has 5 nitrogen and oxygen atoms in total. The number of aromatic nitrogens is 1. The van der Waals surface area contributed by atoms with Crippen molar-refractivity contribution in [1.82, 2.24) is 9.88 Å². The Kier molecular flexibility index (Phi) is 4.88. The monoisotopic (exact) mass is 311 g/mol. The lowest BCUT2D eigenvalue weighted by molar-refractivity contribution is 0.150. The molecule has 0 aliphatic carbocycles. The van der Waals surface area contributed by atoms with Gasteiger partial charge in [0, 0.05) is 25.0 Å². The van der Waals surface area contributed by atoms with Crippen molar-refractivity contribution < 1.29 is 9.53 Å². The average molecular weight is 311 g/mol. The molecule has 0 saturated carbocycles. The molecular formula is C18H21N3O2. The Labute approximate surface area is 136 Å². The third kappa shape index (κ3) is 4.07. The molecule has 1 saturated heterocycles. The number of rotatable bonds is 5. The normalized spacial score (nSPS) is 18.0. The van der Waals surface area contributed by atoms with Gasteiger partial charge in [-0.2, -0.15) is 0 Å². The Morgan fingerprint density at radius 1 is 1.26 bits per heavy atom. The zero-order valence-electron chi connectivity index (χ0n) is 13.0. The lowest BCUT2D eigenvalue weighted by Crippen LogP contribution is -2.23. The van der Waals surface area contributed by atoms with Crippen LogP contribution in [0.4, 0.5) is 4.79 Å². The number of pyridine rings is 1. The van der Waals surface area contributed by atoms with E-state index >= 15 is 0 Å². The Morgan fingerprint density at radius 3 is 2.87 bits per heavy atom. The van der Waals surface area contributed by atoms with Crippen molar-refractivity contribution in [3.05, 3.63) is 65.5 Å².